The van der Waals surface area contributed by atoms with Gasteiger partial charge in [-0.25, -0.2) is 0 Å². The summed E-state index contributed by atoms with van der Waals surface area (Å²) in [5.74, 6) is 0.432. The predicted molar refractivity (Wildman–Crippen MR) is 127 cm³/mol. The van der Waals surface area contributed by atoms with Crippen molar-refractivity contribution in [2.24, 2.45) is 4.40 Å². The Morgan fingerprint density at radius 2 is 1.83 bits per heavy atom. The molecule has 0 aliphatic rings. The largest absolute Gasteiger partial charge is 0.591 e. The summed E-state index contributed by atoms with van der Waals surface area (Å²) in [6.45, 7) is 11.5. The van der Waals surface area contributed by atoms with E-state index < -0.39 is 16.1 Å². The molecule has 4 nitrogen and oxygen atoms in total. The van der Waals surface area contributed by atoms with Crippen molar-refractivity contribution < 1.29 is 13.8 Å². The number of furan rings is 1. The summed E-state index contributed by atoms with van der Waals surface area (Å²) in [7, 11) is 0. The number of rotatable bonds is 5. The lowest BCUT2D eigenvalue weighted by Gasteiger charge is -2.17. The Balaban J connectivity index is 2.11. The molecule has 2 heterocycles. The number of aryl methyl sites for hydroxylation is 2. The standard InChI is InChI=1S/C23H24ClNO3S2/c1-13-12-28-18(11-25-30(27)23(4,5)6)19(13)22-20(14(2)15(3)29-22)21(26)16-7-9-17(24)10-8-16/h7-12H,1-6H3/b25-11+/t30-/m1/s1. The third kappa shape index (κ3) is 4.57. The van der Waals surface area contributed by atoms with E-state index in [2.05, 4.69) is 4.40 Å². The third-order valence-electron chi connectivity index (χ3n) is 4.74. The normalized spacial score (nSPS) is 13.2. The van der Waals surface area contributed by atoms with Gasteiger partial charge in [0, 0.05) is 26.6 Å². The maximum absolute atomic E-state index is 13.4. The van der Waals surface area contributed by atoms with E-state index >= 15 is 0 Å². The number of carbonyl (C=O) groups is 1. The highest BCUT2D eigenvalue weighted by Crippen LogP contribution is 2.41. The van der Waals surface area contributed by atoms with Crippen molar-refractivity contribution in [1.82, 2.24) is 0 Å². The van der Waals surface area contributed by atoms with Gasteiger partial charge in [0.1, 0.15) is 22.3 Å². The molecule has 0 N–H and O–H groups in total. The summed E-state index contributed by atoms with van der Waals surface area (Å²) in [5, 5.41) is 0.584. The number of hydrogen-bond acceptors (Lipinski definition) is 5. The zero-order chi connectivity index (χ0) is 22.2. The Labute approximate surface area is 189 Å². The lowest BCUT2D eigenvalue weighted by molar-refractivity contribution is 0.103. The molecule has 0 aliphatic heterocycles. The van der Waals surface area contributed by atoms with Crippen molar-refractivity contribution in [1.29, 1.82) is 0 Å². The highest BCUT2D eigenvalue weighted by atomic mass is 35.5. The average molecular weight is 462 g/mol. The maximum Gasteiger partial charge on any atom is 0.194 e. The van der Waals surface area contributed by atoms with Crippen LogP contribution < -0.4 is 0 Å². The molecule has 0 aliphatic carbocycles. The highest BCUT2D eigenvalue weighted by molar-refractivity contribution is 7.91. The molecule has 0 radical (unpaired) electrons. The van der Waals surface area contributed by atoms with Gasteiger partial charge in [-0.3, -0.25) is 4.79 Å². The fourth-order valence-electron chi connectivity index (χ4n) is 2.93. The highest BCUT2D eigenvalue weighted by Gasteiger charge is 2.28. The summed E-state index contributed by atoms with van der Waals surface area (Å²) in [6.07, 6.45) is 3.14. The molecule has 1 atom stereocenters. The summed E-state index contributed by atoms with van der Waals surface area (Å²) in [4.78, 5) is 15.3. The molecule has 30 heavy (non-hydrogen) atoms. The van der Waals surface area contributed by atoms with Crippen molar-refractivity contribution in [2.75, 3.05) is 0 Å². The molecule has 3 aromatic rings. The number of thiophene rings is 1. The van der Waals surface area contributed by atoms with E-state index in [1.54, 1.807) is 41.9 Å². The first-order chi connectivity index (χ1) is 14.0. The first kappa shape index (κ1) is 22.8. The molecule has 2 aromatic heterocycles. The lowest BCUT2D eigenvalue weighted by atomic mass is 9.96. The van der Waals surface area contributed by atoms with Crippen LogP contribution in [0.1, 0.15) is 58.5 Å². The molecule has 0 bridgehead atoms. The van der Waals surface area contributed by atoms with E-state index in [4.69, 9.17) is 16.0 Å². The van der Waals surface area contributed by atoms with Crippen LogP contribution >= 0.6 is 22.9 Å². The van der Waals surface area contributed by atoms with E-state index in [9.17, 15) is 9.35 Å². The fraction of sp³-hybridized carbons (Fsp3) is 0.304. The van der Waals surface area contributed by atoms with Gasteiger partial charge in [-0.1, -0.05) is 16.0 Å². The van der Waals surface area contributed by atoms with Gasteiger partial charge in [0.15, 0.2) is 11.5 Å². The number of ketones is 1. The Hall–Kier alpha value is -1.86. The minimum Gasteiger partial charge on any atom is -0.591 e. The predicted octanol–water partition coefficient (Wildman–Crippen LogP) is 6.70. The summed E-state index contributed by atoms with van der Waals surface area (Å²) in [6, 6.07) is 6.90. The molecule has 0 spiro atoms. The summed E-state index contributed by atoms with van der Waals surface area (Å²) in [5.41, 5.74) is 3.87. The van der Waals surface area contributed by atoms with Crippen molar-refractivity contribution in [2.45, 2.75) is 46.3 Å². The minimum atomic E-state index is -1.41. The first-order valence-electron chi connectivity index (χ1n) is 9.45. The minimum absolute atomic E-state index is 0.0646. The zero-order valence-electron chi connectivity index (χ0n) is 17.8. The van der Waals surface area contributed by atoms with E-state index in [1.807, 2.05) is 41.5 Å². The Kier molecular flexibility index (Phi) is 6.63. The van der Waals surface area contributed by atoms with Gasteiger partial charge in [0.2, 0.25) is 0 Å². The van der Waals surface area contributed by atoms with Crippen LogP contribution in [0.15, 0.2) is 39.3 Å². The molecule has 0 saturated carbocycles. The molecule has 0 saturated heterocycles. The molecular weight excluding hydrogens is 438 g/mol. The van der Waals surface area contributed by atoms with Crippen LogP contribution in [0.4, 0.5) is 0 Å². The van der Waals surface area contributed by atoms with Gasteiger partial charge in [0.05, 0.1) is 11.1 Å². The van der Waals surface area contributed by atoms with Crippen molar-refractivity contribution >= 4 is 46.3 Å². The van der Waals surface area contributed by atoms with Gasteiger partial charge < -0.3 is 8.97 Å². The van der Waals surface area contributed by atoms with E-state index in [1.165, 1.54) is 6.21 Å². The number of halogens is 1. The first-order valence-corrected chi connectivity index (χ1v) is 11.8. The molecule has 0 amide bonds. The third-order valence-corrected chi connectivity index (χ3v) is 7.56. The molecule has 0 fully saturated rings. The molecule has 1 aromatic carbocycles. The maximum atomic E-state index is 13.4. The van der Waals surface area contributed by atoms with Gasteiger partial charge in [-0.2, -0.15) is 0 Å². The van der Waals surface area contributed by atoms with Crippen LogP contribution in [0, 0.1) is 20.8 Å². The van der Waals surface area contributed by atoms with Crippen molar-refractivity contribution in [3.8, 4) is 10.4 Å². The van der Waals surface area contributed by atoms with E-state index in [-0.39, 0.29) is 5.78 Å². The van der Waals surface area contributed by atoms with Crippen LogP contribution in [0.3, 0.4) is 0 Å². The van der Waals surface area contributed by atoms with Crippen LogP contribution in [0.5, 0.6) is 0 Å². The average Bonchev–Trinajstić information content (AvgIpc) is 3.18. The summed E-state index contributed by atoms with van der Waals surface area (Å²) >= 11 is 6.13. The second-order valence-electron chi connectivity index (χ2n) is 8.08. The Morgan fingerprint density at radius 1 is 1.20 bits per heavy atom. The van der Waals surface area contributed by atoms with E-state index in [0.29, 0.717) is 21.9 Å². The quantitative estimate of drug-likeness (QED) is 0.241. The number of nitrogens with zero attached hydrogens (tertiary/aromatic N) is 1. The molecule has 0 unspecified atom stereocenters. The number of benzene rings is 1. The second-order valence-corrected chi connectivity index (χ2v) is 11.7. The SMILES string of the molecule is Cc1coc(/C=N/[S@+]([O-])C(C)(C)C)c1-c1sc(C)c(C)c1C(=O)c1ccc(Cl)cc1. The molecule has 7 heteroatoms. The van der Waals surface area contributed by atoms with Gasteiger partial charge in [0.25, 0.3) is 0 Å². The Bertz CT molecular complexity index is 1100. The van der Waals surface area contributed by atoms with Crippen LogP contribution in [-0.4, -0.2) is 21.3 Å². The lowest BCUT2D eigenvalue weighted by Crippen LogP contribution is -2.25. The van der Waals surface area contributed by atoms with Crippen LogP contribution in [-0.2, 0) is 11.4 Å². The topological polar surface area (TPSA) is 65.6 Å². The number of carbonyl (C=O) groups excluding carboxylic acids is 1. The van der Waals surface area contributed by atoms with Crippen molar-refractivity contribution in [3.63, 3.8) is 0 Å². The van der Waals surface area contributed by atoms with Crippen molar-refractivity contribution in [3.05, 3.63) is 68.4 Å². The summed E-state index contributed by atoms with van der Waals surface area (Å²) < 4.78 is 21.8. The van der Waals surface area contributed by atoms with Gasteiger partial charge in [-0.15, -0.1) is 11.3 Å². The fourth-order valence-corrected chi connectivity index (χ4v) is 4.83. The van der Waals surface area contributed by atoms with Crippen LogP contribution in [0.25, 0.3) is 10.4 Å². The Morgan fingerprint density at radius 3 is 2.43 bits per heavy atom. The molecule has 3 rings (SSSR count). The van der Waals surface area contributed by atoms with E-state index in [0.717, 1.165) is 26.4 Å². The smallest absolute Gasteiger partial charge is 0.194 e. The zero-order valence-corrected chi connectivity index (χ0v) is 20.2. The van der Waals surface area contributed by atoms with Gasteiger partial charge >= 0.3 is 0 Å². The van der Waals surface area contributed by atoms with Gasteiger partial charge in [-0.05, 0) is 76.9 Å². The van der Waals surface area contributed by atoms with Crippen LogP contribution in [0.2, 0.25) is 5.02 Å². The number of hydrogen-bond donors (Lipinski definition) is 0. The molecule has 158 valence electrons. The monoisotopic (exact) mass is 461 g/mol. The molecular formula is C23H24ClNO3S2. The second kappa shape index (κ2) is 8.71.